The summed E-state index contributed by atoms with van der Waals surface area (Å²) in [5.41, 5.74) is 0. The van der Waals surface area contributed by atoms with E-state index in [1.54, 1.807) is 0 Å². The standard InChI is InChI=1S/C8H13NO3.ClH/c1-5-3-9-4-6(7(5)10)8(11)12-2;/h5-6,9H,3-4H2,1-2H3;1H. The second-order valence-corrected chi connectivity index (χ2v) is 3.04. The van der Waals surface area contributed by atoms with Crippen LogP contribution in [-0.2, 0) is 14.3 Å². The van der Waals surface area contributed by atoms with Crippen molar-refractivity contribution in [2.24, 2.45) is 11.8 Å². The average molecular weight is 208 g/mol. The lowest BCUT2D eigenvalue weighted by Gasteiger charge is -2.24. The van der Waals surface area contributed by atoms with Crippen LogP contribution in [0.15, 0.2) is 0 Å². The van der Waals surface area contributed by atoms with Gasteiger partial charge in [0.1, 0.15) is 5.92 Å². The van der Waals surface area contributed by atoms with Gasteiger partial charge in [0.2, 0.25) is 0 Å². The molecule has 0 spiro atoms. The van der Waals surface area contributed by atoms with Gasteiger partial charge in [0.15, 0.2) is 5.78 Å². The van der Waals surface area contributed by atoms with Gasteiger partial charge in [-0.25, -0.2) is 0 Å². The molecule has 2 atom stereocenters. The van der Waals surface area contributed by atoms with Crippen molar-refractivity contribution >= 4 is 24.2 Å². The van der Waals surface area contributed by atoms with E-state index in [4.69, 9.17) is 0 Å². The Labute approximate surface area is 83.4 Å². The Hall–Kier alpha value is -0.610. The first-order valence-electron chi connectivity index (χ1n) is 3.99. The zero-order valence-corrected chi connectivity index (χ0v) is 8.52. The van der Waals surface area contributed by atoms with Crippen LogP contribution in [0, 0.1) is 11.8 Å². The van der Waals surface area contributed by atoms with Crippen molar-refractivity contribution < 1.29 is 14.3 Å². The fourth-order valence-corrected chi connectivity index (χ4v) is 1.33. The minimum absolute atomic E-state index is 0. The summed E-state index contributed by atoms with van der Waals surface area (Å²) < 4.78 is 4.51. The van der Waals surface area contributed by atoms with Gasteiger partial charge in [-0.3, -0.25) is 9.59 Å². The maximum Gasteiger partial charge on any atom is 0.317 e. The van der Waals surface area contributed by atoms with E-state index >= 15 is 0 Å². The van der Waals surface area contributed by atoms with Crippen LogP contribution in [0.25, 0.3) is 0 Å². The molecule has 1 saturated heterocycles. The number of hydrogen-bond acceptors (Lipinski definition) is 4. The van der Waals surface area contributed by atoms with Crippen molar-refractivity contribution in [3.63, 3.8) is 0 Å². The molecule has 1 fully saturated rings. The first kappa shape index (κ1) is 12.4. The van der Waals surface area contributed by atoms with Crippen LogP contribution < -0.4 is 5.32 Å². The number of carbonyl (C=O) groups excluding carboxylic acids is 2. The molecule has 13 heavy (non-hydrogen) atoms. The molecular weight excluding hydrogens is 194 g/mol. The normalized spacial score (nSPS) is 27.7. The third kappa shape index (κ3) is 2.67. The van der Waals surface area contributed by atoms with E-state index in [9.17, 15) is 9.59 Å². The number of hydrogen-bond donors (Lipinski definition) is 1. The molecule has 0 radical (unpaired) electrons. The minimum Gasteiger partial charge on any atom is -0.468 e. The molecule has 1 aliphatic rings. The van der Waals surface area contributed by atoms with Gasteiger partial charge >= 0.3 is 5.97 Å². The highest BCUT2D eigenvalue weighted by Gasteiger charge is 2.33. The Morgan fingerprint density at radius 3 is 2.69 bits per heavy atom. The predicted molar refractivity (Wildman–Crippen MR) is 49.8 cm³/mol. The highest BCUT2D eigenvalue weighted by Crippen LogP contribution is 2.12. The van der Waals surface area contributed by atoms with E-state index in [1.165, 1.54) is 7.11 Å². The molecule has 0 aliphatic carbocycles. The summed E-state index contributed by atoms with van der Waals surface area (Å²) in [5, 5.41) is 3.01. The van der Waals surface area contributed by atoms with Gasteiger partial charge in [-0.1, -0.05) is 6.92 Å². The molecule has 1 rings (SSSR count). The van der Waals surface area contributed by atoms with Crippen molar-refractivity contribution in [3.8, 4) is 0 Å². The van der Waals surface area contributed by atoms with Crippen LogP contribution in [0.3, 0.4) is 0 Å². The lowest BCUT2D eigenvalue weighted by Crippen LogP contribution is -2.46. The van der Waals surface area contributed by atoms with E-state index in [2.05, 4.69) is 10.1 Å². The van der Waals surface area contributed by atoms with E-state index in [0.717, 1.165) is 0 Å². The van der Waals surface area contributed by atoms with Gasteiger partial charge in [-0.15, -0.1) is 12.4 Å². The Kier molecular flexibility index (Phi) is 4.95. The Balaban J connectivity index is 0.00000144. The molecule has 4 nitrogen and oxygen atoms in total. The number of Topliss-reactive ketones (excluding diaryl/α,β-unsaturated/α-hetero) is 1. The van der Waals surface area contributed by atoms with Crippen molar-refractivity contribution in [1.82, 2.24) is 5.32 Å². The molecule has 5 heteroatoms. The molecule has 0 aromatic heterocycles. The van der Waals surface area contributed by atoms with Crippen molar-refractivity contribution in [3.05, 3.63) is 0 Å². The van der Waals surface area contributed by atoms with Crippen molar-refractivity contribution in [1.29, 1.82) is 0 Å². The molecule has 0 aromatic carbocycles. The first-order chi connectivity index (χ1) is 5.66. The smallest absolute Gasteiger partial charge is 0.317 e. The summed E-state index contributed by atoms with van der Waals surface area (Å²) >= 11 is 0. The van der Waals surface area contributed by atoms with Crippen LogP contribution in [-0.4, -0.2) is 32.0 Å². The lowest BCUT2D eigenvalue weighted by molar-refractivity contribution is -0.151. The number of rotatable bonds is 1. The number of ketones is 1. The number of nitrogens with one attached hydrogen (secondary N) is 1. The fraction of sp³-hybridized carbons (Fsp3) is 0.750. The lowest BCUT2D eigenvalue weighted by atomic mass is 9.90. The Morgan fingerprint density at radius 2 is 2.15 bits per heavy atom. The number of carbonyl (C=O) groups is 2. The van der Waals surface area contributed by atoms with Crippen LogP contribution >= 0.6 is 12.4 Å². The number of halogens is 1. The zero-order valence-electron chi connectivity index (χ0n) is 7.70. The number of esters is 1. The van der Waals surface area contributed by atoms with Gasteiger partial charge in [-0.05, 0) is 0 Å². The minimum atomic E-state index is -0.598. The van der Waals surface area contributed by atoms with Crippen LogP contribution in [0.2, 0.25) is 0 Å². The van der Waals surface area contributed by atoms with Crippen LogP contribution in [0.1, 0.15) is 6.92 Å². The summed E-state index contributed by atoms with van der Waals surface area (Å²) in [6.45, 7) is 2.88. The summed E-state index contributed by atoms with van der Waals surface area (Å²) in [6, 6.07) is 0. The molecule has 0 amide bonds. The zero-order chi connectivity index (χ0) is 9.14. The summed E-state index contributed by atoms with van der Waals surface area (Å²) in [4.78, 5) is 22.4. The number of methoxy groups -OCH3 is 1. The molecule has 0 aromatic rings. The quantitative estimate of drug-likeness (QED) is 0.486. The highest BCUT2D eigenvalue weighted by molar-refractivity contribution is 6.00. The number of ether oxygens (including phenoxy) is 1. The third-order valence-corrected chi connectivity index (χ3v) is 2.11. The maximum atomic E-state index is 11.4. The topological polar surface area (TPSA) is 55.4 Å². The van der Waals surface area contributed by atoms with E-state index in [0.29, 0.717) is 13.1 Å². The summed E-state index contributed by atoms with van der Waals surface area (Å²) in [7, 11) is 1.30. The molecule has 0 saturated carbocycles. The molecular formula is C8H14ClNO3. The SMILES string of the molecule is COC(=O)C1CNCC(C)C1=O.Cl. The van der Waals surface area contributed by atoms with Gasteiger partial charge in [-0.2, -0.15) is 0 Å². The molecule has 1 N–H and O–H groups in total. The van der Waals surface area contributed by atoms with Gasteiger partial charge < -0.3 is 10.1 Å². The van der Waals surface area contributed by atoms with Crippen LogP contribution in [0.5, 0.6) is 0 Å². The second kappa shape index (κ2) is 5.19. The number of piperidine rings is 1. The third-order valence-electron chi connectivity index (χ3n) is 2.11. The Morgan fingerprint density at radius 1 is 1.54 bits per heavy atom. The van der Waals surface area contributed by atoms with E-state index in [1.807, 2.05) is 6.92 Å². The van der Waals surface area contributed by atoms with Gasteiger partial charge in [0.05, 0.1) is 7.11 Å². The van der Waals surface area contributed by atoms with Gasteiger partial charge in [0.25, 0.3) is 0 Å². The average Bonchev–Trinajstić information content (AvgIpc) is 2.08. The summed E-state index contributed by atoms with van der Waals surface area (Å²) in [5.74, 6) is -1.12. The molecule has 1 aliphatic heterocycles. The molecule has 76 valence electrons. The summed E-state index contributed by atoms with van der Waals surface area (Å²) in [6.07, 6.45) is 0. The van der Waals surface area contributed by atoms with E-state index < -0.39 is 11.9 Å². The largest absolute Gasteiger partial charge is 0.468 e. The van der Waals surface area contributed by atoms with Crippen molar-refractivity contribution in [2.75, 3.05) is 20.2 Å². The first-order valence-corrected chi connectivity index (χ1v) is 3.99. The molecule has 1 heterocycles. The van der Waals surface area contributed by atoms with Crippen molar-refractivity contribution in [2.45, 2.75) is 6.92 Å². The van der Waals surface area contributed by atoms with E-state index in [-0.39, 0.29) is 24.1 Å². The molecule has 0 bridgehead atoms. The predicted octanol–water partition coefficient (Wildman–Crippen LogP) is 0.00580. The highest BCUT2D eigenvalue weighted by atomic mass is 35.5. The fourth-order valence-electron chi connectivity index (χ4n) is 1.33. The Bertz CT molecular complexity index is 208. The second-order valence-electron chi connectivity index (χ2n) is 3.04. The van der Waals surface area contributed by atoms with Gasteiger partial charge in [0, 0.05) is 19.0 Å². The van der Waals surface area contributed by atoms with Crippen LogP contribution in [0.4, 0.5) is 0 Å². The molecule has 2 unspecified atom stereocenters. The monoisotopic (exact) mass is 207 g/mol. The maximum absolute atomic E-state index is 11.4.